The van der Waals surface area contributed by atoms with Crippen molar-refractivity contribution in [3.8, 4) is 0 Å². The molecule has 3 aromatic carbocycles. The second kappa shape index (κ2) is 8.53. The van der Waals surface area contributed by atoms with E-state index in [1.165, 1.54) is 17.3 Å². The zero-order chi connectivity index (χ0) is 20.2. The third-order valence-corrected chi connectivity index (χ3v) is 6.08. The molecule has 4 nitrogen and oxygen atoms in total. The van der Waals surface area contributed by atoms with Gasteiger partial charge in [-0.05, 0) is 55.7 Å². The van der Waals surface area contributed by atoms with Crippen molar-refractivity contribution < 1.29 is 9.59 Å². The maximum Gasteiger partial charge on any atom is 0.256 e. The standard InChI is InChI=1S/C24H22N2O2S/c1-16(11-12-17-7-3-2-4-8-17)25-23(27)18-13-14-22-20(15-18)26-24(28)19-9-5-6-10-21(19)29-22/h2-10,13-16H,11-12H2,1H3,(H,25,27)(H,26,28)/t16-/m1/s1. The molecule has 0 fully saturated rings. The predicted octanol–water partition coefficient (Wildman–Crippen LogP) is 5.15. The van der Waals surface area contributed by atoms with Crippen LogP contribution in [-0.4, -0.2) is 17.9 Å². The number of anilines is 1. The quantitative estimate of drug-likeness (QED) is 0.620. The van der Waals surface area contributed by atoms with Crippen LogP contribution in [0.3, 0.4) is 0 Å². The van der Waals surface area contributed by atoms with E-state index in [0.717, 1.165) is 22.6 Å². The molecular weight excluding hydrogens is 380 g/mol. The Morgan fingerprint density at radius 3 is 2.59 bits per heavy atom. The van der Waals surface area contributed by atoms with Crippen molar-refractivity contribution >= 4 is 29.3 Å². The zero-order valence-electron chi connectivity index (χ0n) is 16.1. The van der Waals surface area contributed by atoms with Gasteiger partial charge >= 0.3 is 0 Å². The Morgan fingerprint density at radius 1 is 1.00 bits per heavy atom. The molecule has 1 atom stereocenters. The molecule has 29 heavy (non-hydrogen) atoms. The van der Waals surface area contributed by atoms with E-state index in [0.29, 0.717) is 16.8 Å². The van der Waals surface area contributed by atoms with Crippen LogP contribution >= 0.6 is 11.8 Å². The molecule has 0 saturated heterocycles. The van der Waals surface area contributed by atoms with Crippen molar-refractivity contribution in [1.29, 1.82) is 0 Å². The largest absolute Gasteiger partial charge is 0.350 e. The van der Waals surface area contributed by atoms with Gasteiger partial charge in [0.2, 0.25) is 0 Å². The summed E-state index contributed by atoms with van der Waals surface area (Å²) in [5.74, 6) is -0.282. The third-order valence-electron chi connectivity index (χ3n) is 4.93. The highest BCUT2D eigenvalue weighted by atomic mass is 32.2. The summed E-state index contributed by atoms with van der Waals surface area (Å²) in [5.41, 5.74) is 3.12. The van der Waals surface area contributed by atoms with E-state index in [2.05, 4.69) is 22.8 Å². The van der Waals surface area contributed by atoms with Gasteiger partial charge in [0, 0.05) is 21.4 Å². The number of hydrogen-bond acceptors (Lipinski definition) is 3. The van der Waals surface area contributed by atoms with Gasteiger partial charge in [0.05, 0.1) is 11.3 Å². The molecule has 0 unspecified atom stereocenters. The summed E-state index contributed by atoms with van der Waals surface area (Å²) in [6.45, 7) is 2.01. The Bertz CT molecular complexity index is 1050. The molecule has 1 aliphatic heterocycles. The lowest BCUT2D eigenvalue weighted by Crippen LogP contribution is -2.33. The van der Waals surface area contributed by atoms with Crippen molar-refractivity contribution in [1.82, 2.24) is 5.32 Å². The first-order valence-corrected chi connectivity index (χ1v) is 10.5. The minimum absolute atomic E-state index is 0.0507. The lowest BCUT2D eigenvalue weighted by atomic mass is 10.1. The van der Waals surface area contributed by atoms with Gasteiger partial charge in [0.15, 0.2) is 0 Å². The van der Waals surface area contributed by atoms with Crippen LogP contribution < -0.4 is 10.6 Å². The minimum atomic E-state index is -0.152. The maximum atomic E-state index is 12.7. The van der Waals surface area contributed by atoms with Gasteiger partial charge in [0.25, 0.3) is 11.8 Å². The Hall–Kier alpha value is -3.05. The minimum Gasteiger partial charge on any atom is -0.350 e. The molecule has 0 aliphatic carbocycles. The molecule has 0 spiro atoms. The number of amides is 2. The van der Waals surface area contributed by atoms with Crippen molar-refractivity contribution in [2.24, 2.45) is 0 Å². The molecule has 0 aromatic heterocycles. The van der Waals surface area contributed by atoms with Crippen molar-refractivity contribution in [3.63, 3.8) is 0 Å². The highest BCUT2D eigenvalue weighted by Gasteiger charge is 2.21. The number of nitrogens with one attached hydrogen (secondary N) is 2. The van der Waals surface area contributed by atoms with E-state index in [-0.39, 0.29) is 17.9 Å². The SMILES string of the molecule is C[C@H](CCc1ccccc1)NC(=O)c1ccc2c(c1)NC(=O)c1ccccc1S2. The van der Waals surface area contributed by atoms with E-state index in [1.54, 1.807) is 6.07 Å². The van der Waals surface area contributed by atoms with Crippen LogP contribution in [0, 0.1) is 0 Å². The number of carbonyl (C=O) groups is 2. The summed E-state index contributed by atoms with van der Waals surface area (Å²) in [6, 6.07) is 23.3. The Morgan fingerprint density at radius 2 is 1.76 bits per heavy atom. The summed E-state index contributed by atoms with van der Waals surface area (Å²) in [7, 11) is 0. The fourth-order valence-corrected chi connectivity index (χ4v) is 4.33. The summed E-state index contributed by atoms with van der Waals surface area (Å²) >= 11 is 1.53. The topological polar surface area (TPSA) is 58.2 Å². The van der Waals surface area contributed by atoms with Crippen LogP contribution in [0.5, 0.6) is 0 Å². The van der Waals surface area contributed by atoms with Gasteiger partial charge in [-0.25, -0.2) is 0 Å². The summed E-state index contributed by atoms with van der Waals surface area (Å²) in [6.07, 6.45) is 1.78. The van der Waals surface area contributed by atoms with Gasteiger partial charge in [-0.2, -0.15) is 0 Å². The highest BCUT2D eigenvalue weighted by molar-refractivity contribution is 7.99. The monoisotopic (exact) mass is 402 g/mol. The molecule has 2 N–H and O–H groups in total. The van der Waals surface area contributed by atoms with Crippen LogP contribution in [-0.2, 0) is 6.42 Å². The molecular formula is C24H22N2O2S. The van der Waals surface area contributed by atoms with E-state index < -0.39 is 0 Å². The second-order valence-electron chi connectivity index (χ2n) is 7.16. The first-order chi connectivity index (χ1) is 14.1. The first kappa shape index (κ1) is 19.3. The molecule has 3 aromatic rings. The number of aryl methyl sites for hydroxylation is 1. The molecule has 2 amide bonds. The number of benzene rings is 3. The van der Waals surface area contributed by atoms with Crippen molar-refractivity contribution in [2.45, 2.75) is 35.6 Å². The molecule has 146 valence electrons. The smallest absolute Gasteiger partial charge is 0.256 e. The summed E-state index contributed by atoms with van der Waals surface area (Å²) in [4.78, 5) is 27.1. The van der Waals surface area contributed by atoms with E-state index in [9.17, 15) is 9.59 Å². The second-order valence-corrected chi connectivity index (χ2v) is 8.25. The molecule has 4 rings (SSSR count). The molecule has 5 heteroatoms. The zero-order valence-corrected chi connectivity index (χ0v) is 17.0. The van der Waals surface area contributed by atoms with Crippen LogP contribution in [0.1, 0.15) is 39.6 Å². The van der Waals surface area contributed by atoms with Crippen molar-refractivity contribution in [2.75, 3.05) is 5.32 Å². The first-order valence-electron chi connectivity index (χ1n) is 9.67. The lowest BCUT2D eigenvalue weighted by molar-refractivity contribution is 0.0937. The van der Waals surface area contributed by atoms with Gasteiger partial charge < -0.3 is 10.6 Å². The number of carbonyl (C=O) groups excluding carboxylic acids is 2. The van der Waals surface area contributed by atoms with E-state index >= 15 is 0 Å². The average Bonchev–Trinajstić information content (AvgIpc) is 2.88. The molecule has 1 aliphatic rings. The van der Waals surface area contributed by atoms with Gasteiger partial charge in [-0.3, -0.25) is 9.59 Å². The fraction of sp³-hybridized carbons (Fsp3) is 0.167. The molecule has 0 radical (unpaired) electrons. The molecule has 0 saturated carbocycles. The Balaban J connectivity index is 1.44. The van der Waals surface area contributed by atoms with Gasteiger partial charge in [0.1, 0.15) is 0 Å². The molecule has 0 bridgehead atoms. The van der Waals surface area contributed by atoms with Crippen LogP contribution in [0.25, 0.3) is 0 Å². The van der Waals surface area contributed by atoms with Gasteiger partial charge in [-0.1, -0.05) is 54.2 Å². The number of fused-ring (bicyclic) bond motifs is 2. The highest BCUT2D eigenvalue weighted by Crippen LogP contribution is 2.38. The number of rotatable bonds is 5. The normalized spacial score (nSPS) is 13.5. The maximum absolute atomic E-state index is 12.7. The average molecular weight is 403 g/mol. The Labute approximate surface area is 174 Å². The Kier molecular flexibility index (Phi) is 5.67. The van der Waals surface area contributed by atoms with Crippen LogP contribution in [0.2, 0.25) is 0 Å². The summed E-state index contributed by atoms with van der Waals surface area (Å²) < 4.78 is 0. The predicted molar refractivity (Wildman–Crippen MR) is 117 cm³/mol. The van der Waals surface area contributed by atoms with Gasteiger partial charge in [-0.15, -0.1) is 0 Å². The summed E-state index contributed by atoms with van der Waals surface area (Å²) in [5, 5.41) is 5.99. The van der Waals surface area contributed by atoms with Crippen LogP contribution in [0.15, 0.2) is 82.6 Å². The van der Waals surface area contributed by atoms with E-state index in [4.69, 9.17) is 0 Å². The van der Waals surface area contributed by atoms with Crippen LogP contribution in [0.4, 0.5) is 5.69 Å². The third kappa shape index (κ3) is 4.51. The lowest BCUT2D eigenvalue weighted by Gasteiger charge is -2.15. The van der Waals surface area contributed by atoms with E-state index in [1.807, 2.05) is 61.5 Å². The van der Waals surface area contributed by atoms with Crippen molar-refractivity contribution in [3.05, 3.63) is 89.5 Å². The number of hydrogen-bond donors (Lipinski definition) is 2. The molecule has 1 heterocycles. The fourth-order valence-electron chi connectivity index (χ4n) is 3.32.